The summed E-state index contributed by atoms with van der Waals surface area (Å²) in [6.07, 6.45) is 2.14. The zero-order valence-electron chi connectivity index (χ0n) is 16.2. The number of piperidine rings is 1. The summed E-state index contributed by atoms with van der Waals surface area (Å²) in [4.78, 5) is 25.3. The van der Waals surface area contributed by atoms with Crippen molar-refractivity contribution in [3.05, 3.63) is 69.4 Å². The molecule has 1 saturated heterocycles. The number of amides is 1. The monoisotopic (exact) mass is 452 g/mol. The third-order valence-electron chi connectivity index (χ3n) is 5.33. The molecule has 1 N–H and O–H groups in total. The van der Waals surface area contributed by atoms with Gasteiger partial charge in [0.1, 0.15) is 10.7 Å². The van der Waals surface area contributed by atoms with Crippen LogP contribution in [0.2, 0.25) is 0 Å². The molecule has 0 bridgehead atoms. The van der Waals surface area contributed by atoms with Crippen LogP contribution in [0.3, 0.4) is 0 Å². The molecule has 30 heavy (non-hydrogen) atoms. The first-order chi connectivity index (χ1) is 14.8. The number of thiophene rings is 1. The highest BCUT2D eigenvalue weighted by Gasteiger charge is 2.24. The molecule has 0 aliphatic carbocycles. The average Bonchev–Trinajstić information content (AvgIpc) is 3.57. The second-order valence-electron chi connectivity index (χ2n) is 7.16. The van der Waals surface area contributed by atoms with Crippen LogP contribution in [0.1, 0.15) is 34.9 Å². The zero-order chi connectivity index (χ0) is 20.3. The number of thiazole rings is 2. The number of nitrogens with one attached hydrogen (secondary N) is 1. The van der Waals surface area contributed by atoms with Crippen LogP contribution in [0.5, 0.6) is 0 Å². The molecule has 5 nitrogen and oxygen atoms in total. The molecule has 0 unspecified atom stereocenters. The third-order valence-corrected chi connectivity index (χ3v) is 7.81. The first kappa shape index (κ1) is 19.4. The van der Waals surface area contributed by atoms with Gasteiger partial charge in [-0.25, -0.2) is 9.97 Å². The molecule has 8 heteroatoms. The maximum Gasteiger partial charge on any atom is 0.275 e. The Kier molecular flexibility index (Phi) is 5.61. The number of carbonyl (C=O) groups excluding carboxylic acids is 1. The highest BCUT2D eigenvalue weighted by atomic mass is 32.1. The van der Waals surface area contributed by atoms with Crippen molar-refractivity contribution in [3.8, 4) is 9.88 Å². The number of carbonyl (C=O) groups is 1. The Morgan fingerprint density at radius 1 is 1.07 bits per heavy atom. The fourth-order valence-electron chi connectivity index (χ4n) is 3.77. The molecule has 0 spiro atoms. The molecule has 1 amide bonds. The van der Waals surface area contributed by atoms with E-state index in [1.54, 1.807) is 22.7 Å². The number of para-hydroxylation sites is 2. The first-order valence-corrected chi connectivity index (χ1v) is 12.5. The number of aromatic nitrogens is 2. The minimum atomic E-state index is -0.168. The van der Waals surface area contributed by atoms with Crippen molar-refractivity contribution >= 4 is 51.3 Å². The molecular formula is C22H20N4OS3. The number of benzene rings is 1. The molecule has 0 atom stereocenters. The average molecular weight is 453 g/mol. The van der Waals surface area contributed by atoms with E-state index in [0.29, 0.717) is 11.6 Å². The lowest BCUT2D eigenvalue weighted by atomic mass is 9.94. The molecule has 0 radical (unpaired) electrons. The van der Waals surface area contributed by atoms with Crippen LogP contribution in [-0.4, -0.2) is 29.0 Å². The van der Waals surface area contributed by atoms with Gasteiger partial charge in [-0.3, -0.25) is 4.79 Å². The van der Waals surface area contributed by atoms with Gasteiger partial charge in [-0.05, 0) is 36.4 Å². The quantitative estimate of drug-likeness (QED) is 0.406. The normalized spacial score (nSPS) is 14.7. The van der Waals surface area contributed by atoms with Gasteiger partial charge in [0.15, 0.2) is 0 Å². The van der Waals surface area contributed by atoms with Gasteiger partial charge in [-0.1, -0.05) is 18.2 Å². The van der Waals surface area contributed by atoms with E-state index < -0.39 is 0 Å². The Labute approximate surface area is 187 Å². The van der Waals surface area contributed by atoms with E-state index >= 15 is 0 Å². The predicted molar refractivity (Wildman–Crippen MR) is 126 cm³/mol. The number of hydrogen-bond donors (Lipinski definition) is 1. The maximum absolute atomic E-state index is 12.9. The summed E-state index contributed by atoms with van der Waals surface area (Å²) in [5.41, 5.74) is 5.48. The van der Waals surface area contributed by atoms with E-state index in [4.69, 9.17) is 0 Å². The van der Waals surface area contributed by atoms with Gasteiger partial charge in [0.2, 0.25) is 0 Å². The minimum absolute atomic E-state index is 0.168. The predicted octanol–water partition coefficient (Wildman–Crippen LogP) is 5.96. The third kappa shape index (κ3) is 4.03. The van der Waals surface area contributed by atoms with Gasteiger partial charge in [-0.15, -0.1) is 34.0 Å². The number of rotatable bonds is 5. The summed E-state index contributed by atoms with van der Waals surface area (Å²) in [7, 11) is 0. The summed E-state index contributed by atoms with van der Waals surface area (Å²) >= 11 is 4.79. The fourth-order valence-corrected chi connectivity index (χ4v) is 6.02. The molecule has 4 heterocycles. The number of anilines is 2. The van der Waals surface area contributed by atoms with Crippen molar-refractivity contribution in [1.29, 1.82) is 0 Å². The van der Waals surface area contributed by atoms with Crippen molar-refractivity contribution in [2.24, 2.45) is 0 Å². The molecule has 152 valence electrons. The summed E-state index contributed by atoms with van der Waals surface area (Å²) in [5.74, 6) is 0.360. The lowest BCUT2D eigenvalue weighted by molar-refractivity contribution is 0.102. The van der Waals surface area contributed by atoms with Crippen LogP contribution in [0.4, 0.5) is 11.4 Å². The minimum Gasteiger partial charge on any atom is -0.370 e. The Morgan fingerprint density at radius 3 is 2.70 bits per heavy atom. The van der Waals surface area contributed by atoms with Crippen LogP contribution in [-0.2, 0) is 0 Å². The Balaban J connectivity index is 1.29. The van der Waals surface area contributed by atoms with Gasteiger partial charge in [0.05, 0.1) is 27.5 Å². The highest BCUT2D eigenvalue weighted by Crippen LogP contribution is 2.34. The van der Waals surface area contributed by atoms with Crippen molar-refractivity contribution in [2.75, 3.05) is 23.3 Å². The van der Waals surface area contributed by atoms with E-state index in [1.807, 2.05) is 46.6 Å². The van der Waals surface area contributed by atoms with Gasteiger partial charge in [-0.2, -0.15) is 0 Å². The van der Waals surface area contributed by atoms with Crippen LogP contribution in [0.25, 0.3) is 9.88 Å². The standard InChI is InChI=1S/C22H20N4OS3/c27-21(18-13-30-22(25-18)20-6-3-11-29-20)24-16-4-1-2-5-19(16)26-9-7-15(8-10-26)17-12-28-14-23-17/h1-6,11-15H,7-10H2,(H,24,27). The van der Waals surface area contributed by atoms with Gasteiger partial charge < -0.3 is 10.2 Å². The molecule has 3 aromatic heterocycles. The van der Waals surface area contributed by atoms with Gasteiger partial charge in [0, 0.05) is 29.8 Å². The Bertz CT molecular complexity index is 1110. The lowest BCUT2D eigenvalue weighted by Crippen LogP contribution is -2.33. The summed E-state index contributed by atoms with van der Waals surface area (Å²) in [5, 5.41) is 9.96. The zero-order valence-corrected chi connectivity index (χ0v) is 18.6. The first-order valence-electron chi connectivity index (χ1n) is 9.81. The second kappa shape index (κ2) is 8.67. The van der Waals surface area contributed by atoms with Crippen molar-refractivity contribution in [2.45, 2.75) is 18.8 Å². The SMILES string of the molecule is O=C(Nc1ccccc1N1CCC(c2cscn2)CC1)c1csc(-c2cccs2)n1. The molecule has 0 saturated carbocycles. The maximum atomic E-state index is 12.9. The van der Waals surface area contributed by atoms with Gasteiger partial charge in [0.25, 0.3) is 5.91 Å². The topological polar surface area (TPSA) is 58.1 Å². The number of nitrogens with zero attached hydrogens (tertiary/aromatic N) is 3. The number of hydrogen-bond acceptors (Lipinski definition) is 7. The Morgan fingerprint density at radius 2 is 1.93 bits per heavy atom. The molecule has 5 rings (SSSR count). The summed E-state index contributed by atoms with van der Waals surface area (Å²) in [6, 6.07) is 12.0. The summed E-state index contributed by atoms with van der Waals surface area (Å²) in [6.45, 7) is 1.91. The van der Waals surface area contributed by atoms with E-state index in [0.717, 1.165) is 47.2 Å². The van der Waals surface area contributed by atoms with Crippen LogP contribution < -0.4 is 10.2 Å². The smallest absolute Gasteiger partial charge is 0.275 e. The van der Waals surface area contributed by atoms with Crippen LogP contribution >= 0.6 is 34.0 Å². The highest BCUT2D eigenvalue weighted by molar-refractivity contribution is 7.20. The van der Waals surface area contributed by atoms with E-state index in [-0.39, 0.29) is 5.91 Å². The van der Waals surface area contributed by atoms with Crippen LogP contribution in [0, 0.1) is 0 Å². The van der Waals surface area contributed by atoms with Crippen molar-refractivity contribution < 1.29 is 4.79 Å². The van der Waals surface area contributed by atoms with E-state index in [9.17, 15) is 4.79 Å². The molecule has 1 fully saturated rings. The Hall–Kier alpha value is -2.55. The lowest BCUT2D eigenvalue weighted by Gasteiger charge is -2.34. The molecular weight excluding hydrogens is 432 g/mol. The largest absolute Gasteiger partial charge is 0.370 e. The summed E-state index contributed by atoms with van der Waals surface area (Å²) < 4.78 is 0. The molecule has 4 aromatic rings. The molecule has 1 aliphatic heterocycles. The fraction of sp³-hybridized carbons (Fsp3) is 0.227. The molecule has 1 aromatic carbocycles. The van der Waals surface area contributed by atoms with Crippen LogP contribution in [0.15, 0.2) is 58.0 Å². The van der Waals surface area contributed by atoms with Gasteiger partial charge >= 0.3 is 0 Å². The van der Waals surface area contributed by atoms with Crippen molar-refractivity contribution in [1.82, 2.24) is 9.97 Å². The second-order valence-corrected chi connectivity index (χ2v) is 9.69. The van der Waals surface area contributed by atoms with E-state index in [2.05, 4.69) is 31.6 Å². The van der Waals surface area contributed by atoms with E-state index in [1.165, 1.54) is 17.0 Å². The van der Waals surface area contributed by atoms with Crippen molar-refractivity contribution in [3.63, 3.8) is 0 Å². The molecule has 1 aliphatic rings.